The lowest BCUT2D eigenvalue weighted by molar-refractivity contribution is 0.0977. The molecule has 0 bridgehead atoms. The summed E-state index contributed by atoms with van der Waals surface area (Å²) in [4.78, 5) is 17.5. The van der Waals surface area contributed by atoms with E-state index in [1.165, 1.54) is 0 Å². The first-order valence-electron chi connectivity index (χ1n) is 9.70. The number of aryl methyl sites for hydroxylation is 3. The molecular formula is C23H26ClN5O. The van der Waals surface area contributed by atoms with Crippen LogP contribution in [0.1, 0.15) is 38.4 Å². The SMILES string of the molecule is Cc1cccc(NC(=NCc2c(C)nn(C)c2C)NC(=O)c2ccccc2Cl)c1C. The Morgan fingerprint density at radius 1 is 1.10 bits per heavy atom. The van der Waals surface area contributed by atoms with Gasteiger partial charge in [-0.3, -0.25) is 14.8 Å². The van der Waals surface area contributed by atoms with Crippen molar-refractivity contribution in [1.82, 2.24) is 15.1 Å². The summed E-state index contributed by atoms with van der Waals surface area (Å²) in [6.45, 7) is 8.42. The van der Waals surface area contributed by atoms with Gasteiger partial charge in [0.1, 0.15) is 0 Å². The van der Waals surface area contributed by atoms with Crippen LogP contribution in [0.2, 0.25) is 5.02 Å². The maximum absolute atomic E-state index is 12.8. The fourth-order valence-corrected chi connectivity index (χ4v) is 3.37. The van der Waals surface area contributed by atoms with E-state index in [2.05, 4.69) is 20.7 Å². The summed E-state index contributed by atoms with van der Waals surface area (Å²) in [7, 11) is 1.91. The van der Waals surface area contributed by atoms with Gasteiger partial charge in [0.05, 0.1) is 22.8 Å². The van der Waals surface area contributed by atoms with E-state index in [1.807, 2.05) is 57.6 Å². The summed E-state index contributed by atoms with van der Waals surface area (Å²) in [5.41, 5.74) is 6.50. The van der Waals surface area contributed by atoms with Crippen LogP contribution in [-0.4, -0.2) is 21.6 Å². The van der Waals surface area contributed by atoms with Gasteiger partial charge in [0.2, 0.25) is 5.96 Å². The van der Waals surface area contributed by atoms with E-state index in [4.69, 9.17) is 11.6 Å². The Bertz CT molecular complexity index is 1120. The van der Waals surface area contributed by atoms with Crippen LogP contribution in [0.5, 0.6) is 0 Å². The summed E-state index contributed by atoms with van der Waals surface area (Å²) < 4.78 is 1.83. The van der Waals surface area contributed by atoms with Crippen molar-refractivity contribution in [3.05, 3.63) is 81.1 Å². The van der Waals surface area contributed by atoms with E-state index in [0.717, 1.165) is 33.8 Å². The predicted octanol–water partition coefficient (Wildman–Crippen LogP) is 4.71. The molecule has 3 aromatic rings. The van der Waals surface area contributed by atoms with Crippen molar-refractivity contribution in [2.45, 2.75) is 34.2 Å². The number of nitrogens with one attached hydrogen (secondary N) is 2. The van der Waals surface area contributed by atoms with E-state index >= 15 is 0 Å². The van der Waals surface area contributed by atoms with Crippen LogP contribution in [0.15, 0.2) is 47.5 Å². The summed E-state index contributed by atoms with van der Waals surface area (Å²) in [5, 5.41) is 11.0. The van der Waals surface area contributed by atoms with Crippen molar-refractivity contribution < 1.29 is 4.79 Å². The Labute approximate surface area is 182 Å². The number of nitrogens with zero attached hydrogens (tertiary/aromatic N) is 3. The Hall–Kier alpha value is -3.12. The fourth-order valence-electron chi connectivity index (χ4n) is 3.15. The zero-order valence-corrected chi connectivity index (χ0v) is 18.6. The van der Waals surface area contributed by atoms with E-state index in [1.54, 1.807) is 24.3 Å². The van der Waals surface area contributed by atoms with Crippen molar-refractivity contribution in [3.63, 3.8) is 0 Å². The molecule has 30 heavy (non-hydrogen) atoms. The first-order valence-corrected chi connectivity index (χ1v) is 10.1. The van der Waals surface area contributed by atoms with Crippen molar-refractivity contribution >= 4 is 29.2 Å². The zero-order valence-electron chi connectivity index (χ0n) is 17.9. The molecule has 0 aliphatic carbocycles. The highest BCUT2D eigenvalue weighted by Gasteiger charge is 2.15. The molecule has 156 valence electrons. The second-order valence-corrected chi connectivity index (χ2v) is 7.65. The normalized spacial score (nSPS) is 11.5. The third-order valence-corrected chi connectivity index (χ3v) is 5.59. The largest absolute Gasteiger partial charge is 0.326 e. The lowest BCUT2D eigenvalue weighted by Gasteiger charge is -2.15. The highest BCUT2D eigenvalue weighted by atomic mass is 35.5. The van der Waals surface area contributed by atoms with Gasteiger partial charge in [-0.2, -0.15) is 5.10 Å². The number of carbonyl (C=O) groups is 1. The predicted molar refractivity (Wildman–Crippen MR) is 122 cm³/mol. The van der Waals surface area contributed by atoms with Crippen LogP contribution >= 0.6 is 11.6 Å². The molecule has 1 amide bonds. The molecule has 7 heteroatoms. The van der Waals surface area contributed by atoms with Crippen molar-refractivity contribution in [2.24, 2.45) is 12.0 Å². The molecule has 0 saturated heterocycles. The first kappa shape index (κ1) is 21.6. The van der Waals surface area contributed by atoms with Gasteiger partial charge in [-0.1, -0.05) is 35.9 Å². The van der Waals surface area contributed by atoms with Crippen molar-refractivity contribution in [2.75, 3.05) is 5.32 Å². The van der Waals surface area contributed by atoms with Crippen LogP contribution in [0.4, 0.5) is 5.69 Å². The molecule has 2 N–H and O–H groups in total. The molecule has 6 nitrogen and oxygen atoms in total. The molecule has 1 aromatic heterocycles. The third-order valence-electron chi connectivity index (χ3n) is 5.26. The Morgan fingerprint density at radius 3 is 2.50 bits per heavy atom. The van der Waals surface area contributed by atoms with Gasteiger partial charge in [0.25, 0.3) is 5.91 Å². The minimum Gasteiger partial charge on any atom is -0.326 e. The molecule has 2 aromatic carbocycles. The number of guanidine groups is 1. The molecule has 0 atom stereocenters. The minimum atomic E-state index is -0.322. The molecule has 0 saturated carbocycles. The highest BCUT2D eigenvalue weighted by molar-refractivity contribution is 6.34. The smallest absolute Gasteiger partial charge is 0.259 e. The van der Waals surface area contributed by atoms with Crippen molar-refractivity contribution in [1.29, 1.82) is 0 Å². The van der Waals surface area contributed by atoms with Crippen LogP contribution in [-0.2, 0) is 13.6 Å². The van der Waals surface area contributed by atoms with Crippen LogP contribution in [0.3, 0.4) is 0 Å². The molecule has 0 aliphatic heterocycles. The quantitative estimate of drug-likeness (QED) is 0.471. The maximum atomic E-state index is 12.8. The number of halogens is 1. The van der Waals surface area contributed by atoms with Crippen LogP contribution < -0.4 is 10.6 Å². The fraction of sp³-hybridized carbons (Fsp3) is 0.261. The monoisotopic (exact) mass is 423 g/mol. The Balaban J connectivity index is 1.92. The van der Waals surface area contributed by atoms with Gasteiger partial charge in [-0.15, -0.1) is 0 Å². The number of benzene rings is 2. The Kier molecular flexibility index (Phi) is 6.57. The number of anilines is 1. The summed E-state index contributed by atoms with van der Waals surface area (Å²) in [5.74, 6) is 0.0352. The molecule has 1 heterocycles. The summed E-state index contributed by atoms with van der Waals surface area (Å²) >= 11 is 6.19. The number of aliphatic imine (C=N–C) groups is 1. The molecule has 0 fully saturated rings. The molecule has 0 radical (unpaired) electrons. The third kappa shape index (κ3) is 4.71. The average molecular weight is 424 g/mol. The number of hydrogen-bond acceptors (Lipinski definition) is 3. The van der Waals surface area contributed by atoms with E-state index in [-0.39, 0.29) is 5.91 Å². The standard InChI is InChI=1S/C23H26ClN5O/c1-14-9-8-12-21(15(14)2)26-23(25-13-19-16(3)28-29(5)17(19)4)27-22(30)18-10-6-7-11-20(18)24/h6-12H,13H2,1-5H3,(H2,25,26,27,30). The maximum Gasteiger partial charge on any atom is 0.259 e. The second kappa shape index (κ2) is 9.13. The van der Waals surface area contributed by atoms with Gasteiger partial charge >= 0.3 is 0 Å². The minimum absolute atomic E-state index is 0.322. The topological polar surface area (TPSA) is 71.3 Å². The zero-order chi connectivity index (χ0) is 21.8. The summed E-state index contributed by atoms with van der Waals surface area (Å²) in [6.07, 6.45) is 0. The van der Waals surface area contributed by atoms with Crippen molar-refractivity contribution in [3.8, 4) is 0 Å². The molecular weight excluding hydrogens is 398 g/mol. The van der Waals surface area contributed by atoms with Gasteiger partial charge in [-0.05, 0) is 57.0 Å². The molecule has 0 unspecified atom stereocenters. The number of hydrogen-bond donors (Lipinski definition) is 2. The molecule has 3 rings (SSSR count). The van der Waals surface area contributed by atoms with Gasteiger partial charge in [0.15, 0.2) is 0 Å². The van der Waals surface area contributed by atoms with Gasteiger partial charge < -0.3 is 5.32 Å². The van der Waals surface area contributed by atoms with Crippen LogP contribution in [0, 0.1) is 27.7 Å². The van der Waals surface area contributed by atoms with E-state index < -0.39 is 0 Å². The van der Waals surface area contributed by atoms with Gasteiger partial charge in [0, 0.05) is 24.0 Å². The Morgan fingerprint density at radius 2 is 1.83 bits per heavy atom. The highest BCUT2D eigenvalue weighted by Crippen LogP contribution is 2.19. The number of rotatable bonds is 4. The van der Waals surface area contributed by atoms with Gasteiger partial charge in [-0.25, -0.2) is 4.99 Å². The van der Waals surface area contributed by atoms with Crippen LogP contribution in [0.25, 0.3) is 0 Å². The van der Waals surface area contributed by atoms with E-state index in [0.29, 0.717) is 23.1 Å². The average Bonchev–Trinajstić information content (AvgIpc) is 2.95. The number of aromatic nitrogens is 2. The molecule has 0 spiro atoms. The lowest BCUT2D eigenvalue weighted by Crippen LogP contribution is -2.36. The molecule has 0 aliphatic rings. The number of carbonyl (C=O) groups excluding carboxylic acids is 1. The second-order valence-electron chi connectivity index (χ2n) is 7.24. The van der Waals surface area contributed by atoms with E-state index in [9.17, 15) is 4.79 Å². The summed E-state index contributed by atoms with van der Waals surface area (Å²) in [6, 6.07) is 12.9. The lowest BCUT2D eigenvalue weighted by atomic mass is 10.1. The number of amides is 1. The first-order chi connectivity index (χ1) is 14.3.